The summed E-state index contributed by atoms with van der Waals surface area (Å²) in [4.78, 5) is 0. The fourth-order valence-corrected chi connectivity index (χ4v) is 1.56. The molecule has 1 unspecified atom stereocenters. The Morgan fingerprint density at radius 1 is 1.18 bits per heavy atom. The van der Waals surface area contributed by atoms with Crippen molar-refractivity contribution in [2.75, 3.05) is 20.7 Å². The Morgan fingerprint density at radius 2 is 1.76 bits per heavy atom. The standard InChI is InChI=1S/C11H13F4NO/c1-16-7-10(12,11(13,14)15)8-5-3-4-6-9(8)17-2/h3-6,16H,7H2,1-2H3. The molecule has 0 aromatic heterocycles. The summed E-state index contributed by atoms with van der Waals surface area (Å²) in [7, 11) is 2.46. The van der Waals surface area contributed by atoms with Gasteiger partial charge in [0.15, 0.2) is 0 Å². The number of benzene rings is 1. The Bertz CT molecular complexity index is 380. The van der Waals surface area contributed by atoms with Gasteiger partial charge in [-0.25, -0.2) is 4.39 Å². The third-order valence-electron chi connectivity index (χ3n) is 2.40. The summed E-state index contributed by atoms with van der Waals surface area (Å²) in [5.74, 6) is -0.123. The predicted octanol–water partition coefficient (Wildman–Crippen LogP) is 2.64. The molecule has 1 rings (SSSR count). The molecular formula is C11H13F4NO. The molecule has 0 radical (unpaired) electrons. The number of rotatable bonds is 4. The molecule has 0 bridgehead atoms. The van der Waals surface area contributed by atoms with Gasteiger partial charge >= 0.3 is 6.18 Å². The Kier molecular flexibility index (Phi) is 3.98. The molecule has 0 heterocycles. The van der Waals surface area contributed by atoms with Gasteiger partial charge < -0.3 is 10.1 Å². The minimum Gasteiger partial charge on any atom is -0.496 e. The molecule has 0 saturated carbocycles. The maximum atomic E-state index is 14.2. The van der Waals surface area contributed by atoms with Gasteiger partial charge in [0, 0.05) is 12.1 Å². The van der Waals surface area contributed by atoms with Crippen LogP contribution in [0.5, 0.6) is 5.75 Å². The Labute approximate surface area is 96.6 Å². The molecule has 0 aliphatic heterocycles. The van der Waals surface area contributed by atoms with Crippen molar-refractivity contribution < 1.29 is 22.3 Å². The molecule has 17 heavy (non-hydrogen) atoms. The predicted molar refractivity (Wildman–Crippen MR) is 55.8 cm³/mol. The minimum atomic E-state index is -5.01. The number of alkyl halides is 4. The second-order valence-electron chi connectivity index (χ2n) is 3.53. The summed E-state index contributed by atoms with van der Waals surface area (Å²) in [6.07, 6.45) is -5.01. The van der Waals surface area contributed by atoms with Crippen LogP contribution in [0.15, 0.2) is 24.3 Å². The number of hydrogen-bond donors (Lipinski definition) is 1. The number of halogens is 4. The summed E-state index contributed by atoms with van der Waals surface area (Å²) in [6, 6.07) is 5.20. The zero-order valence-electron chi connectivity index (χ0n) is 9.44. The lowest BCUT2D eigenvalue weighted by atomic mass is 9.94. The van der Waals surface area contributed by atoms with Crippen molar-refractivity contribution in [2.45, 2.75) is 11.8 Å². The van der Waals surface area contributed by atoms with Gasteiger partial charge in [0.2, 0.25) is 5.67 Å². The van der Waals surface area contributed by atoms with Crippen molar-refractivity contribution >= 4 is 0 Å². The highest BCUT2D eigenvalue weighted by molar-refractivity contribution is 5.39. The van der Waals surface area contributed by atoms with Crippen molar-refractivity contribution in [3.63, 3.8) is 0 Å². The summed E-state index contributed by atoms with van der Waals surface area (Å²) in [6.45, 7) is -0.864. The summed E-state index contributed by atoms with van der Waals surface area (Å²) >= 11 is 0. The molecule has 1 aromatic carbocycles. The van der Waals surface area contributed by atoms with Crippen LogP contribution in [0.2, 0.25) is 0 Å². The third-order valence-corrected chi connectivity index (χ3v) is 2.40. The van der Waals surface area contributed by atoms with E-state index in [9.17, 15) is 17.6 Å². The highest BCUT2D eigenvalue weighted by Gasteiger charge is 2.58. The first-order valence-corrected chi connectivity index (χ1v) is 4.90. The molecule has 1 N–H and O–H groups in total. The van der Waals surface area contributed by atoms with Crippen molar-refractivity contribution in [2.24, 2.45) is 0 Å². The topological polar surface area (TPSA) is 21.3 Å². The van der Waals surface area contributed by atoms with Crippen molar-refractivity contribution in [1.29, 1.82) is 0 Å². The number of methoxy groups -OCH3 is 1. The van der Waals surface area contributed by atoms with Crippen LogP contribution in [0.4, 0.5) is 17.6 Å². The van der Waals surface area contributed by atoms with E-state index >= 15 is 0 Å². The molecule has 0 aliphatic rings. The van der Waals surface area contributed by atoms with Crippen molar-refractivity contribution in [3.8, 4) is 5.75 Å². The number of nitrogens with one attached hydrogen (secondary N) is 1. The smallest absolute Gasteiger partial charge is 0.428 e. The van der Waals surface area contributed by atoms with E-state index in [1.54, 1.807) is 0 Å². The molecule has 2 nitrogen and oxygen atoms in total. The quantitative estimate of drug-likeness (QED) is 0.831. The van der Waals surface area contributed by atoms with E-state index in [1.165, 1.54) is 32.4 Å². The Balaban J connectivity index is 3.32. The molecule has 0 spiro atoms. The summed E-state index contributed by atoms with van der Waals surface area (Å²) in [5.41, 5.74) is -3.99. The first-order chi connectivity index (χ1) is 7.86. The first-order valence-electron chi connectivity index (χ1n) is 4.90. The van der Waals surface area contributed by atoms with Crippen LogP contribution in [0.1, 0.15) is 5.56 Å². The van der Waals surface area contributed by atoms with Crippen LogP contribution in [0, 0.1) is 0 Å². The Morgan fingerprint density at radius 3 is 2.24 bits per heavy atom. The van der Waals surface area contributed by atoms with Gasteiger partial charge in [0.1, 0.15) is 5.75 Å². The monoisotopic (exact) mass is 251 g/mol. The number of hydrogen-bond acceptors (Lipinski definition) is 2. The molecule has 1 atom stereocenters. The van der Waals surface area contributed by atoms with E-state index in [0.29, 0.717) is 0 Å². The summed E-state index contributed by atoms with van der Waals surface area (Å²) < 4.78 is 57.4. The minimum absolute atomic E-state index is 0.123. The normalized spacial score (nSPS) is 15.4. The van der Waals surface area contributed by atoms with E-state index in [-0.39, 0.29) is 5.75 Å². The SMILES string of the molecule is CNCC(F)(c1ccccc1OC)C(F)(F)F. The lowest BCUT2D eigenvalue weighted by Crippen LogP contribution is -2.45. The molecule has 0 aliphatic carbocycles. The maximum absolute atomic E-state index is 14.2. The van der Waals surface area contributed by atoms with Crippen molar-refractivity contribution in [1.82, 2.24) is 5.32 Å². The molecule has 96 valence electrons. The van der Waals surface area contributed by atoms with E-state index in [1.807, 2.05) is 0 Å². The Hall–Kier alpha value is -1.30. The van der Waals surface area contributed by atoms with Gasteiger partial charge in [-0.05, 0) is 13.1 Å². The molecule has 6 heteroatoms. The number of para-hydroxylation sites is 1. The third kappa shape index (κ3) is 2.52. The number of likely N-dealkylation sites (N-methyl/N-ethyl adjacent to an activating group) is 1. The van der Waals surface area contributed by atoms with Gasteiger partial charge in [-0.2, -0.15) is 13.2 Å². The molecular weight excluding hydrogens is 238 g/mol. The van der Waals surface area contributed by atoms with E-state index in [2.05, 4.69) is 5.32 Å². The lowest BCUT2D eigenvalue weighted by Gasteiger charge is -2.29. The zero-order chi connectivity index (χ0) is 13.1. The average molecular weight is 251 g/mol. The van der Waals surface area contributed by atoms with Crippen LogP contribution in [-0.4, -0.2) is 26.9 Å². The number of ether oxygens (including phenoxy) is 1. The van der Waals surface area contributed by atoms with Gasteiger partial charge in [0.25, 0.3) is 0 Å². The van der Waals surface area contributed by atoms with Gasteiger partial charge in [-0.1, -0.05) is 18.2 Å². The maximum Gasteiger partial charge on any atom is 0.428 e. The molecule has 0 amide bonds. The molecule has 0 fully saturated rings. The van der Waals surface area contributed by atoms with Crippen LogP contribution in [0.3, 0.4) is 0 Å². The second-order valence-corrected chi connectivity index (χ2v) is 3.53. The van der Waals surface area contributed by atoms with Gasteiger partial charge in [-0.3, -0.25) is 0 Å². The highest BCUT2D eigenvalue weighted by atomic mass is 19.4. The van der Waals surface area contributed by atoms with Crippen LogP contribution >= 0.6 is 0 Å². The van der Waals surface area contributed by atoms with E-state index in [0.717, 1.165) is 6.07 Å². The first kappa shape index (κ1) is 13.8. The summed E-state index contributed by atoms with van der Waals surface area (Å²) in [5, 5.41) is 2.21. The van der Waals surface area contributed by atoms with Gasteiger partial charge in [0.05, 0.1) is 7.11 Å². The molecule has 1 aromatic rings. The zero-order valence-corrected chi connectivity index (χ0v) is 9.44. The highest BCUT2D eigenvalue weighted by Crippen LogP contribution is 2.45. The van der Waals surface area contributed by atoms with Crippen LogP contribution < -0.4 is 10.1 Å². The lowest BCUT2D eigenvalue weighted by molar-refractivity contribution is -0.234. The fraction of sp³-hybridized carbons (Fsp3) is 0.455. The molecule has 0 saturated heterocycles. The fourth-order valence-electron chi connectivity index (χ4n) is 1.56. The van der Waals surface area contributed by atoms with Crippen LogP contribution in [0.25, 0.3) is 0 Å². The van der Waals surface area contributed by atoms with Crippen molar-refractivity contribution in [3.05, 3.63) is 29.8 Å². The van der Waals surface area contributed by atoms with Gasteiger partial charge in [-0.15, -0.1) is 0 Å². The largest absolute Gasteiger partial charge is 0.496 e. The second kappa shape index (κ2) is 4.91. The average Bonchev–Trinajstić information content (AvgIpc) is 2.27. The van der Waals surface area contributed by atoms with E-state index in [4.69, 9.17) is 4.74 Å². The van der Waals surface area contributed by atoms with Crippen LogP contribution in [-0.2, 0) is 5.67 Å². The van der Waals surface area contributed by atoms with E-state index < -0.39 is 24.0 Å².